The van der Waals surface area contributed by atoms with Crippen molar-refractivity contribution < 1.29 is 4.79 Å². The van der Waals surface area contributed by atoms with Gasteiger partial charge in [0.05, 0.1) is 6.54 Å². The number of carbonyl (C=O) groups is 1. The number of carbonyl (C=O) groups excluding carboxylic acids is 1. The maximum absolute atomic E-state index is 11.5. The Morgan fingerprint density at radius 3 is 2.62 bits per heavy atom. The lowest BCUT2D eigenvalue weighted by molar-refractivity contribution is -0.129. The van der Waals surface area contributed by atoms with Gasteiger partial charge in [0.2, 0.25) is 5.91 Å². The first-order valence-electron chi connectivity index (χ1n) is 5.07. The summed E-state index contributed by atoms with van der Waals surface area (Å²) in [6.45, 7) is 5.61. The molecule has 1 amide bonds. The molecule has 0 aliphatic heterocycles. The summed E-state index contributed by atoms with van der Waals surface area (Å²) in [4.78, 5) is 13.3. The van der Waals surface area contributed by atoms with Crippen molar-refractivity contribution in [2.75, 3.05) is 20.1 Å². The van der Waals surface area contributed by atoms with Crippen LogP contribution < -0.4 is 5.32 Å². The van der Waals surface area contributed by atoms with Gasteiger partial charge in [0.1, 0.15) is 0 Å². The van der Waals surface area contributed by atoms with Crippen LogP contribution >= 0.6 is 0 Å². The van der Waals surface area contributed by atoms with E-state index in [2.05, 4.69) is 19.2 Å². The summed E-state index contributed by atoms with van der Waals surface area (Å²) in [5, 5.41) is 3.22. The molecule has 1 rings (SSSR count). The van der Waals surface area contributed by atoms with E-state index in [1.165, 1.54) is 12.8 Å². The lowest BCUT2D eigenvalue weighted by Crippen LogP contribution is -2.38. The van der Waals surface area contributed by atoms with Crippen molar-refractivity contribution in [3.05, 3.63) is 0 Å². The van der Waals surface area contributed by atoms with Gasteiger partial charge in [-0.25, -0.2) is 0 Å². The Bertz CT molecular complexity index is 176. The topological polar surface area (TPSA) is 32.3 Å². The molecule has 1 aliphatic rings. The fourth-order valence-electron chi connectivity index (χ4n) is 1.30. The van der Waals surface area contributed by atoms with Gasteiger partial charge in [0, 0.05) is 19.6 Å². The molecule has 0 unspecified atom stereocenters. The highest BCUT2D eigenvalue weighted by Gasteiger charge is 2.21. The van der Waals surface area contributed by atoms with Crippen LogP contribution in [0.3, 0.4) is 0 Å². The average Bonchev–Trinajstić information content (AvgIpc) is 2.81. The Morgan fingerprint density at radius 1 is 1.54 bits per heavy atom. The molecule has 13 heavy (non-hydrogen) atoms. The molecule has 0 aromatic heterocycles. The Kier molecular flexibility index (Phi) is 3.72. The first-order chi connectivity index (χ1) is 6.09. The van der Waals surface area contributed by atoms with Crippen molar-refractivity contribution in [1.29, 1.82) is 0 Å². The molecular formula is C10H20N2O. The van der Waals surface area contributed by atoms with Gasteiger partial charge >= 0.3 is 0 Å². The summed E-state index contributed by atoms with van der Waals surface area (Å²) >= 11 is 0. The SMILES string of the molecule is CC(C)CN(C)C(=O)CNC1CC1. The van der Waals surface area contributed by atoms with Crippen molar-refractivity contribution in [2.24, 2.45) is 5.92 Å². The van der Waals surface area contributed by atoms with Crippen LogP contribution in [0, 0.1) is 5.92 Å². The summed E-state index contributed by atoms with van der Waals surface area (Å²) in [5.74, 6) is 0.760. The summed E-state index contributed by atoms with van der Waals surface area (Å²) in [5.41, 5.74) is 0. The van der Waals surface area contributed by atoms with E-state index in [-0.39, 0.29) is 5.91 Å². The molecule has 1 fully saturated rings. The molecule has 0 aromatic rings. The number of amides is 1. The molecule has 0 saturated heterocycles. The molecule has 1 N–H and O–H groups in total. The summed E-state index contributed by atoms with van der Waals surface area (Å²) < 4.78 is 0. The number of hydrogen-bond donors (Lipinski definition) is 1. The normalized spacial score (nSPS) is 16.3. The number of rotatable bonds is 5. The quantitative estimate of drug-likeness (QED) is 0.687. The smallest absolute Gasteiger partial charge is 0.236 e. The third-order valence-electron chi connectivity index (χ3n) is 2.18. The highest BCUT2D eigenvalue weighted by molar-refractivity contribution is 5.78. The molecule has 0 atom stereocenters. The van der Waals surface area contributed by atoms with E-state index in [1.54, 1.807) is 4.90 Å². The van der Waals surface area contributed by atoms with Crippen LogP contribution in [-0.2, 0) is 4.79 Å². The second kappa shape index (κ2) is 4.61. The molecule has 3 heteroatoms. The zero-order valence-electron chi connectivity index (χ0n) is 8.84. The van der Waals surface area contributed by atoms with E-state index in [4.69, 9.17) is 0 Å². The molecule has 0 radical (unpaired) electrons. The number of hydrogen-bond acceptors (Lipinski definition) is 2. The highest BCUT2D eigenvalue weighted by atomic mass is 16.2. The summed E-state index contributed by atoms with van der Waals surface area (Å²) in [6.07, 6.45) is 2.47. The van der Waals surface area contributed by atoms with Crippen molar-refractivity contribution in [3.63, 3.8) is 0 Å². The zero-order chi connectivity index (χ0) is 9.84. The first-order valence-corrected chi connectivity index (χ1v) is 5.07. The molecule has 1 aliphatic carbocycles. The average molecular weight is 184 g/mol. The Balaban J connectivity index is 2.12. The monoisotopic (exact) mass is 184 g/mol. The van der Waals surface area contributed by atoms with Gasteiger partial charge in [-0.2, -0.15) is 0 Å². The highest BCUT2D eigenvalue weighted by Crippen LogP contribution is 2.18. The fourth-order valence-corrected chi connectivity index (χ4v) is 1.30. The van der Waals surface area contributed by atoms with Crippen LogP contribution in [0.5, 0.6) is 0 Å². The minimum Gasteiger partial charge on any atom is -0.344 e. The van der Waals surface area contributed by atoms with E-state index in [0.29, 0.717) is 18.5 Å². The minimum absolute atomic E-state index is 0.209. The maximum atomic E-state index is 11.5. The van der Waals surface area contributed by atoms with Gasteiger partial charge in [-0.1, -0.05) is 13.8 Å². The summed E-state index contributed by atoms with van der Waals surface area (Å²) in [7, 11) is 1.87. The Labute approximate surface area is 80.5 Å². The third kappa shape index (κ3) is 4.27. The number of nitrogens with one attached hydrogen (secondary N) is 1. The molecular weight excluding hydrogens is 164 g/mol. The van der Waals surface area contributed by atoms with Gasteiger partial charge < -0.3 is 10.2 Å². The van der Waals surface area contributed by atoms with Crippen LogP contribution in [0.1, 0.15) is 26.7 Å². The predicted molar refractivity (Wildman–Crippen MR) is 53.5 cm³/mol. The molecule has 3 nitrogen and oxygen atoms in total. The molecule has 0 heterocycles. The number of nitrogens with zero attached hydrogens (tertiary/aromatic N) is 1. The molecule has 1 saturated carbocycles. The second-order valence-electron chi connectivity index (χ2n) is 4.32. The van der Waals surface area contributed by atoms with Gasteiger partial charge in [0.15, 0.2) is 0 Å². The van der Waals surface area contributed by atoms with Gasteiger partial charge in [-0.05, 0) is 18.8 Å². The van der Waals surface area contributed by atoms with Crippen LogP contribution in [0.15, 0.2) is 0 Å². The Hall–Kier alpha value is -0.570. The lowest BCUT2D eigenvalue weighted by Gasteiger charge is -2.19. The maximum Gasteiger partial charge on any atom is 0.236 e. The zero-order valence-corrected chi connectivity index (χ0v) is 8.84. The predicted octanol–water partition coefficient (Wildman–Crippen LogP) is 0.853. The van der Waals surface area contributed by atoms with E-state index < -0.39 is 0 Å². The van der Waals surface area contributed by atoms with Crippen molar-refractivity contribution >= 4 is 5.91 Å². The van der Waals surface area contributed by atoms with Crippen LogP contribution in [0.4, 0.5) is 0 Å². The summed E-state index contributed by atoms with van der Waals surface area (Å²) in [6, 6.07) is 0.622. The largest absolute Gasteiger partial charge is 0.344 e. The van der Waals surface area contributed by atoms with E-state index in [9.17, 15) is 4.79 Å². The van der Waals surface area contributed by atoms with E-state index in [0.717, 1.165) is 6.54 Å². The molecule has 0 bridgehead atoms. The van der Waals surface area contributed by atoms with Crippen molar-refractivity contribution in [2.45, 2.75) is 32.7 Å². The van der Waals surface area contributed by atoms with Crippen LogP contribution in [0.2, 0.25) is 0 Å². The molecule has 76 valence electrons. The third-order valence-corrected chi connectivity index (χ3v) is 2.18. The Morgan fingerprint density at radius 2 is 2.15 bits per heavy atom. The molecule has 0 spiro atoms. The van der Waals surface area contributed by atoms with Gasteiger partial charge in [-0.3, -0.25) is 4.79 Å². The van der Waals surface area contributed by atoms with E-state index >= 15 is 0 Å². The second-order valence-corrected chi connectivity index (χ2v) is 4.32. The van der Waals surface area contributed by atoms with Crippen molar-refractivity contribution in [1.82, 2.24) is 10.2 Å². The van der Waals surface area contributed by atoms with Crippen LogP contribution in [0.25, 0.3) is 0 Å². The minimum atomic E-state index is 0.209. The lowest BCUT2D eigenvalue weighted by atomic mass is 10.2. The van der Waals surface area contributed by atoms with Gasteiger partial charge in [-0.15, -0.1) is 0 Å². The first kappa shape index (κ1) is 10.5. The molecule has 0 aromatic carbocycles. The van der Waals surface area contributed by atoms with Crippen molar-refractivity contribution in [3.8, 4) is 0 Å². The van der Waals surface area contributed by atoms with Crippen LogP contribution in [-0.4, -0.2) is 37.0 Å². The number of likely N-dealkylation sites (N-methyl/N-ethyl adjacent to an activating group) is 1. The fraction of sp³-hybridized carbons (Fsp3) is 0.900. The standard InChI is InChI=1S/C10H20N2O/c1-8(2)7-12(3)10(13)6-11-9-4-5-9/h8-9,11H,4-7H2,1-3H3. The van der Waals surface area contributed by atoms with E-state index in [1.807, 2.05) is 7.05 Å². The van der Waals surface area contributed by atoms with Gasteiger partial charge in [0.25, 0.3) is 0 Å².